The smallest absolute Gasteiger partial charge is 0.271 e. The zero-order chi connectivity index (χ0) is 18.0. The standard InChI is InChI=1S/C19H20N4O2/c1-12-7-6-10-15(13(12)2)21-19(25)16-11-17(18(20)24)23(22-16)14-8-4-3-5-9-14/h3-10,17H,11H2,1-2H3,(H2,20,24)(H,21,25). The Kier molecular flexibility index (Phi) is 4.52. The first-order valence-electron chi connectivity index (χ1n) is 8.06. The highest BCUT2D eigenvalue weighted by Crippen LogP contribution is 2.25. The molecule has 0 saturated carbocycles. The lowest BCUT2D eigenvalue weighted by Crippen LogP contribution is -2.39. The maximum absolute atomic E-state index is 12.6. The molecule has 6 nitrogen and oxygen atoms in total. The first-order valence-corrected chi connectivity index (χ1v) is 8.06. The summed E-state index contributed by atoms with van der Waals surface area (Å²) in [4.78, 5) is 24.4. The number of benzene rings is 2. The van der Waals surface area contributed by atoms with Crippen LogP contribution in [0.5, 0.6) is 0 Å². The van der Waals surface area contributed by atoms with E-state index in [4.69, 9.17) is 5.73 Å². The first kappa shape index (κ1) is 16.7. The molecule has 0 radical (unpaired) electrons. The van der Waals surface area contributed by atoms with E-state index >= 15 is 0 Å². The van der Waals surface area contributed by atoms with E-state index in [2.05, 4.69) is 10.4 Å². The molecule has 25 heavy (non-hydrogen) atoms. The minimum Gasteiger partial charge on any atom is -0.368 e. The third-order valence-electron chi connectivity index (χ3n) is 4.37. The molecular weight excluding hydrogens is 316 g/mol. The Hall–Kier alpha value is -3.15. The summed E-state index contributed by atoms with van der Waals surface area (Å²) in [6.45, 7) is 3.93. The summed E-state index contributed by atoms with van der Waals surface area (Å²) >= 11 is 0. The lowest BCUT2D eigenvalue weighted by Gasteiger charge is -2.20. The molecule has 3 N–H and O–H groups in total. The van der Waals surface area contributed by atoms with Crippen LogP contribution in [0.25, 0.3) is 0 Å². The van der Waals surface area contributed by atoms with Crippen LogP contribution in [0.3, 0.4) is 0 Å². The van der Waals surface area contributed by atoms with Gasteiger partial charge in [0, 0.05) is 12.1 Å². The fourth-order valence-electron chi connectivity index (χ4n) is 2.77. The predicted molar refractivity (Wildman–Crippen MR) is 98.5 cm³/mol. The number of hydrazone groups is 1. The van der Waals surface area contributed by atoms with Gasteiger partial charge in [0.25, 0.3) is 5.91 Å². The second-order valence-corrected chi connectivity index (χ2v) is 6.05. The maximum atomic E-state index is 12.6. The van der Waals surface area contributed by atoms with Crippen molar-refractivity contribution < 1.29 is 9.59 Å². The Balaban J connectivity index is 1.85. The van der Waals surface area contributed by atoms with Gasteiger partial charge >= 0.3 is 0 Å². The van der Waals surface area contributed by atoms with Crippen LogP contribution in [-0.4, -0.2) is 23.6 Å². The molecule has 2 aromatic rings. The molecular formula is C19H20N4O2. The van der Waals surface area contributed by atoms with Crippen LogP contribution >= 0.6 is 0 Å². The molecule has 1 aliphatic rings. The number of aryl methyl sites for hydroxylation is 1. The highest BCUT2D eigenvalue weighted by atomic mass is 16.2. The lowest BCUT2D eigenvalue weighted by atomic mass is 10.1. The number of anilines is 2. The van der Waals surface area contributed by atoms with E-state index in [1.807, 2.05) is 62.4 Å². The SMILES string of the molecule is Cc1cccc(NC(=O)C2=NN(c3ccccc3)C(C(N)=O)C2)c1C. The fraction of sp³-hybridized carbons (Fsp3) is 0.211. The number of carbonyl (C=O) groups is 2. The van der Waals surface area contributed by atoms with E-state index in [-0.39, 0.29) is 18.0 Å². The number of hydrogen-bond donors (Lipinski definition) is 2. The molecule has 0 saturated heterocycles. The Morgan fingerprint density at radius 2 is 1.84 bits per heavy atom. The van der Waals surface area contributed by atoms with Crippen molar-refractivity contribution in [1.82, 2.24) is 0 Å². The minimum atomic E-state index is -0.665. The zero-order valence-corrected chi connectivity index (χ0v) is 14.2. The second kappa shape index (κ2) is 6.76. The third-order valence-corrected chi connectivity index (χ3v) is 4.37. The summed E-state index contributed by atoms with van der Waals surface area (Å²) in [5.41, 5.74) is 9.34. The van der Waals surface area contributed by atoms with Gasteiger partial charge in [-0.3, -0.25) is 14.6 Å². The van der Waals surface area contributed by atoms with Gasteiger partial charge < -0.3 is 11.1 Å². The third kappa shape index (κ3) is 3.38. The summed E-state index contributed by atoms with van der Waals surface area (Å²) in [6, 6.07) is 14.3. The predicted octanol–water partition coefficient (Wildman–Crippen LogP) is 2.36. The van der Waals surface area contributed by atoms with E-state index in [1.54, 1.807) is 0 Å². The average molecular weight is 336 g/mol. The topological polar surface area (TPSA) is 87.8 Å². The molecule has 2 aromatic carbocycles. The molecule has 128 valence electrons. The van der Waals surface area contributed by atoms with Crippen LogP contribution in [0.15, 0.2) is 53.6 Å². The summed E-state index contributed by atoms with van der Waals surface area (Å²) < 4.78 is 0. The molecule has 6 heteroatoms. The molecule has 0 aliphatic carbocycles. The molecule has 0 aromatic heterocycles. The van der Waals surface area contributed by atoms with Gasteiger partial charge in [-0.15, -0.1) is 0 Å². The number of hydrogen-bond acceptors (Lipinski definition) is 4. The van der Waals surface area contributed by atoms with Gasteiger partial charge in [-0.1, -0.05) is 30.3 Å². The van der Waals surface area contributed by atoms with Crippen molar-refractivity contribution in [2.75, 3.05) is 10.3 Å². The van der Waals surface area contributed by atoms with Crippen molar-refractivity contribution in [3.8, 4) is 0 Å². The first-order chi connectivity index (χ1) is 12.0. The van der Waals surface area contributed by atoms with Crippen LogP contribution < -0.4 is 16.1 Å². The second-order valence-electron chi connectivity index (χ2n) is 6.05. The number of amides is 2. The molecule has 0 bridgehead atoms. The number of para-hydroxylation sites is 1. The zero-order valence-electron chi connectivity index (χ0n) is 14.2. The van der Waals surface area contributed by atoms with E-state index in [1.165, 1.54) is 5.01 Å². The van der Waals surface area contributed by atoms with Gasteiger partial charge in [-0.05, 0) is 43.2 Å². The van der Waals surface area contributed by atoms with Crippen molar-refractivity contribution in [3.63, 3.8) is 0 Å². The Bertz CT molecular complexity index is 846. The van der Waals surface area contributed by atoms with Gasteiger partial charge in [0.05, 0.1) is 5.69 Å². The van der Waals surface area contributed by atoms with Crippen LogP contribution in [0.1, 0.15) is 17.5 Å². The Morgan fingerprint density at radius 3 is 2.52 bits per heavy atom. The van der Waals surface area contributed by atoms with Crippen LogP contribution in [-0.2, 0) is 9.59 Å². The number of primary amides is 1. The quantitative estimate of drug-likeness (QED) is 0.898. The number of carbonyl (C=O) groups excluding carboxylic acids is 2. The largest absolute Gasteiger partial charge is 0.368 e. The number of nitrogens with two attached hydrogens (primary N) is 1. The van der Waals surface area contributed by atoms with Gasteiger partial charge in [-0.2, -0.15) is 5.10 Å². The highest BCUT2D eigenvalue weighted by molar-refractivity contribution is 6.44. The summed E-state index contributed by atoms with van der Waals surface area (Å²) in [7, 11) is 0. The molecule has 2 amide bonds. The molecule has 0 spiro atoms. The minimum absolute atomic E-state index is 0.181. The van der Waals surface area contributed by atoms with Crippen molar-refractivity contribution >= 4 is 28.9 Å². The van der Waals surface area contributed by atoms with E-state index in [0.29, 0.717) is 0 Å². The number of nitrogens with zero attached hydrogens (tertiary/aromatic N) is 2. The highest BCUT2D eigenvalue weighted by Gasteiger charge is 2.35. The Morgan fingerprint density at radius 1 is 1.12 bits per heavy atom. The van der Waals surface area contributed by atoms with E-state index in [0.717, 1.165) is 22.5 Å². The summed E-state index contributed by atoms with van der Waals surface area (Å²) in [5.74, 6) is -0.833. The van der Waals surface area contributed by atoms with Crippen molar-refractivity contribution in [3.05, 3.63) is 59.7 Å². The monoisotopic (exact) mass is 336 g/mol. The molecule has 0 fully saturated rings. The molecule has 1 aliphatic heterocycles. The lowest BCUT2D eigenvalue weighted by molar-refractivity contribution is -0.119. The van der Waals surface area contributed by atoms with Gasteiger partial charge in [0.2, 0.25) is 5.91 Å². The summed E-state index contributed by atoms with van der Waals surface area (Å²) in [6.07, 6.45) is 0.181. The summed E-state index contributed by atoms with van der Waals surface area (Å²) in [5, 5.41) is 8.74. The number of rotatable bonds is 4. The molecule has 1 heterocycles. The van der Waals surface area contributed by atoms with Crippen molar-refractivity contribution in [2.45, 2.75) is 26.3 Å². The van der Waals surface area contributed by atoms with Crippen molar-refractivity contribution in [2.24, 2.45) is 10.8 Å². The maximum Gasteiger partial charge on any atom is 0.271 e. The number of nitrogens with one attached hydrogen (secondary N) is 1. The van der Waals surface area contributed by atoms with Crippen LogP contribution in [0.2, 0.25) is 0 Å². The van der Waals surface area contributed by atoms with E-state index < -0.39 is 11.9 Å². The Labute approximate surface area is 146 Å². The normalized spacial score (nSPS) is 16.5. The van der Waals surface area contributed by atoms with Gasteiger partial charge in [-0.25, -0.2) is 0 Å². The van der Waals surface area contributed by atoms with E-state index in [9.17, 15) is 9.59 Å². The molecule has 3 rings (SSSR count). The molecule has 1 unspecified atom stereocenters. The fourth-order valence-corrected chi connectivity index (χ4v) is 2.77. The molecule has 1 atom stereocenters. The average Bonchev–Trinajstić information content (AvgIpc) is 3.05. The van der Waals surface area contributed by atoms with Crippen LogP contribution in [0, 0.1) is 13.8 Å². The van der Waals surface area contributed by atoms with Crippen molar-refractivity contribution in [1.29, 1.82) is 0 Å². The van der Waals surface area contributed by atoms with Gasteiger partial charge in [0.15, 0.2) is 0 Å². The van der Waals surface area contributed by atoms with Crippen LogP contribution in [0.4, 0.5) is 11.4 Å². The van der Waals surface area contributed by atoms with Gasteiger partial charge in [0.1, 0.15) is 11.8 Å².